The summed E-state index contributed by atoms with van der Waals surface area (Å²) < 4.78 is 31.2. The SMILES string of the molecule is CC(=O)NS(=O)(=O)N[C@]12CCC3(CC3)C[C@H]1[C@H]1C(=O)C=C3[C@@]4(C)C=C(C#N)C(=O)C(C)(C)[C@@H]4CC[C@@]3(C)[C@]1(C)CC2. The summed E-state index contributed by atoms with van der Waals surface area (Å²) in [5.41, 5.74) is -1.51. The monoisotopic (exact) mass is 581 g/mol. The number of nitriles is 1. The van der Waals surface area contributed by atoms with Gasteiger partial charge in [0.25, 0.3) is 0 Å². The molecule has 0 aliphatic heterocycles. The van der Waals surface area contributed by atoms with Gasteiger partial charge in [-0.2, -0.15) is 18.4 Å². The van der Waals surface area contributed by atoms with Crippen LogP contribution < -0.4 is 9.44 Å². The molecule has 0 unspecified atom stereocenters. The molecule has 1 amide bonds. The lowest BCUT2D eigenvalue weighted by atomic mass is 9.35. The molecule has 0 radical (unpaired) electrons. The summed E-state index contributed by atoms with van der Waals surface area (Å²) in [5, 5.41) is 9.90. The van der Waals surface area contributed by atoms with Gasteiger partial charge in [0.15, 0.2) is 11.6 Å². The Kier molecular flexibility index (Phi) is 5.90. The normalized spacial score (nSPS) is 43.8. The van der Waals surface area contributed by atoms with E-state index in [1.54, 1.807) is 0 Å². The van der Waals surface area contributed by atoms with Gasteiger partial charge in [0, 0.05) is 29.2 Å². The summed E-state index contributed by atoms with van der Waals surface area (Å²) in [5.74, 6) is -1.29. The third-order valence-corrected chi connectivity index (χ3v) is 14.4. The van der Waals surface area contributed by atoms with Gasteiger partial charge in [0.2, 0.25) is 5.91 Å². The highest BCUT2D eigenvalue weighted by atomic mass is 32.2. The predicted octanol–water partition coefficient (Wildman–Crippen LogP) is 4.68. The zero-order valence-electron chi connectivity index (χ0n) is 25.1. The largest absolute Gasteiger partial charge is 0.301 e. The summed E-state index contributed by atoms with van der Waals surface area (Å²) in [7, 11) is -4.09. The molecule has 1 spiro atoms. The number of nitrogens with one attached hydrogen (secondary N) is 2. The minimum Gasteiger partial charge on any atom is -0.295 e. The van der Waals surface area contributed by atoms with Crippen LogP contribution in [0.15, 0.2) is 23.3 Å². The summed E-state index contributed by atoms with van der Waals surface area (Å²) in [6, 6.07) is 2.15. The van der Waals surface area contributed by atoms with E-state index in [1.807, 2.05) is 26.0 Å². The van der Waals surface area contributed by atoms with Crippen LogP contribution in [0.1, 0.15) is 99.3 Å². The number of amides is 1. The first-order valence-corrected chi connectivity index (χ1v) is 16.6. The van der Waals surface area contributed by atoms with Crippen molar-refractivity contribution in [2.75, 3.05) is 0 Å². The third-order valence-electron chi connectivity index (χ3n) is 13.2. The molecule has 0 aromatic rings. The van der Waals surface area contributed by atoms with Crippen LogP contribution in [-0.2, 0) is 24.6 Å². The highest BCUT2D eigenvalue weighted by Gasteiger charge is 2.71. The fourth-order valence-corrected chi connectivity index (χ4v) is 12.0. The molecular weight excluding hydrogens is 538 g/mol. The van der Waals surface area contributed by atoms with E-state index in [1.165, 1.54) is 6.92 Å². The lowest BCUT2D eigenvalue weighted by molar-refractivity contribution is -0.158. The molecule has 7 atom stereocenters. The first kappa shape index (κ1) is 28.8. The quantitative estimate of drug-likeness (QED) is 0.497. The lowest BCUT2D eigenvalue weighted by Crippen LogP contribution is -2.70. The Morgan fingerprint density at radius 2 is 1.63 bits per heavy atom. The maximum atomic E-state index is 14.5. The van der Waals surface area contributed by atoms with Crippen LogP contribution in [0, 0.1) is 56.2 Å². The number of carbonyl (C=O) groups excluding carboxylic acids is 3. The molecule has 0 saturated heterocycles. The fourth-order valence-electron chi connectivity index (χ4n) is 10.7. The molecule has 2 N–H and O–H groups in total. The molecule has 0 aromatic heterocycles. The van der Waals surface area contributed by atoms with E-state index in [4.69, 9.17) is 0 Å². The number of Topliss-reactive ketones (excluding diaryl/α,β-unsaturated/α-hetero) is 1. The van der Waals surface area contributed by atoms with Crippen LogP contribution in [0.25, 0.3) is 0 Å². The van der Waals surface area contributed by atoms with Gasteiger partial charge in [0.1, 0.15) is 6.07 Å². The van der Waals surface area contributed by atoms with Crippen LogP contribution in [0.2, 0.25) is 0 Å². The van der Waals surface area contributed by atoms with E-state index in [2.05, 4.69) is 36.3 Å². The van der Waals surface area contributed by atoms with Crippen LogP contribution in [0.5, 0.6) is 0 Å². The van der Waals surface area contributed by atoms with Gasteiger partial charge >= 0.3 is 10.2 Å². The number of fused-ring (bicyclic) bond motifs is 7. The molecule has 4 fully saturated rings. The van der Waals surface area contributed by atoms with Gasteiger partial charge in [-0.25, -0.2) is 4.72 Å². The van der Waals surface area contributed by atoms with Crippen molar-refractivity contribution in [2.24, 2.45) is 44.8 Å². The minimum absolute atomic E-state index is 0.0246. The lowest BCUT2D eigenvalue weighted by Gasteiger charge is -2.69. The van der Waals surface area contributed by atoms with Crippen molar-refractivity contribution in [3.05, 3.63) is 23.3 Å². The Bertz CT molecular complexity index is 1480. The number of hydrogen-bond donors (Lipinski definition) is 2. The molecular formula is C32H43N3O5S. The molecule has 0 heterocycles. The molecule has 222 valence electrons. The minimum atomic E-state index is -4.09. The summed E-state index contributed by atoms with van der Waals surface area (Å²) in [6.07, 6.45) is 11.2. The second-order valence-corrected chi connectivity index (χ2v) is 16.9. The Morgan fingerprint density at radius 1 is 1.00 bits per heavy atom. The van der Waals surface area contributed by atoms with Gasteiger partial charge in [-0.3, -0.25) is 14.4 Å². The van der Waals surface area contributed by atoms with Crippen molar-refractivity contribution < 1.29 is 22.8 Å². The first-order valence-electron chi connectivity index (χ1n) is 15.2. The third kappa shape index (κ3) is 3.78. The van der Waals surface area contributed by atoms with Crippen molar-refractivity contribution in [3.63, 3.8) is 0 Å². The molecule has 6 rings (SSSR count). The highest BCUT2D eigenvalue weighted by Crippen LogP contribution is 2.74. The topological polar surface area (TPSA) is 133 Å². The molecule has 41 heavy (non-hydrogen) atoms. The Morgan fingerprint density at radius 3 is 2.24 bits per heavy atom. The van der Waals surface area contributed by atoms with E-state index in [0.717, 1.165) is 44.1 Å². The smallest absolute Gasteiger partial charge is 0.295 e. The summed E-state index contributed by atoms with van der Waals surface area (Å²) >= 11 is 0. The van der Waals surface area contributed by atoms with Crippen molar-refractivity contribution >= 4 is 27.7 Å². The van der Waals surface area contributed by atoms with Crippen molar-refractivity contribution in [1.82, 2.24) is 9.44 Å². The van der Waals surface area contributed by atoms with Gasteiger partial charge < -0.3 is 0 Å². The van der Waals surface area contributed by atoms with Crippen LogP contribution in [-0.4, -0.2) is 31.4 Å². The fraction of sp³-hybridized carbons (Fsp3) is 0.750. The van der Waals surface area contributed by atoms with Gasteiger partial charge in [-0.05, 0) is 91.9 Å². The number of ketones is 2. The van der Waals surface area contributed by atoms with E-state index in [-0.39, 0.29) is 45.7 Å². The molecule has 4 saturated carbocycles. The van der Waals surface area contributed by atoms with Gasteiger partial charge in [0.05, 0.1) is 5.57 Å². The molecule has 6 aliphatic carbocycles. The molecule has 9 heteroatoms. The van der Waals surface area contributed by atoms with Crippen molar-refractivity contribution in [3.8, 4) is 6.07 Å². The number of hydrogen-bond acceptors (Lipinski definition) is 6. The molecule has 6 aliphatic rings. The summed E-state index contributed by atoms with van der Waals surface area (Å²) in [4.78, 5) is 39.5. The second kappa shape index (κ2) is 8.41. The number of carbonyl (C=O) groups is 3. The van der Waals surface area contributed by atoms with Crippen molar-refractivity contribution in [2.45, 2.75) is 105 Å². The van der Waals surface area contributed by atoms with Crippen LogP contribution >= 0.6 is 0 Å². The maximum absolute atomic E-state index is 14.5. The maximum Gasteiger partial charge on any atom is 0.301 e. The van der Waals surface area contributed by atoms with Crippen LogP contribution in [0.3, 0.4) is 0 Å². The number of allylic oxidation sites excluding steroid dienone is 4. The standard InChI is InChI=1S/C32H43N3O5S/c1-19(36)34-41(39,40)35-32-13-9-30(6)25(21(32)17-31(10-11-31)12-14-32)22(37)15-24-28(4)16-20(18-33)26(38)27(2,3)23(28)7-8-29(24,30)5/h15-16,21,23,25,35H,7-14,17H2,1-6H3,(H,34,36)/t21-,23-,25-,28-,29+,30+,32+/m0/s1. The van der Waals surface area contributed by atoms with E-state index >= 15 is 0 Å². The zero-order chi connectivity index (χ0) is 30.0. The van der Waals surface area contributed by atoms with Gasteiger partial charge in [-0.1, -0.05) is 46.3 Å². The predicted molar refractivity (Wildman–Crippen MR) is 153 cm³/mol. The average Bonchev–Trinajstić information content (AvgIpc) is 3.62. The highest BCUT2D eigenvalue weighted by molar-refractivity contribution is 7.88. The summed E-state index contributed by atoms with van der Waals surface area (Å²) in [6.45, 7) is 11.7. The van der Waals surface area contributed by atoms with E-state index in [0.29, 0.717) is 19.3 Å². The Labute approximate surface area is 244 Å². The Balaban J connectivity index is 1.48. The van der Waals surface area contributed by atoms with E-state index < -0.39 is 37.9 Å². The first-order chi connectivity index (χ1) is 18.9. The molecule has 0 aromatic carbocycles. The Hall–Kier alpha value is -2.31. The number of rotatable bonds is 3. The zero-order valence-corrected chi connectivity index (χ0v) is 26.0. The molecule has 8 nitrogen and oxygen atoms in total. The number of nitrogens with zero attached hydrogens (tertiary/aromatic N) is 1. The average molecular weight is 582 g/mol. The van der Waals surface area contributed by atoms with Crippen molar-refractivity contribution in [1.29, 1.82) is 5.26 Å². The molecule has 0 bridgehead atoms. The van der Waals surface area contributed by atoms with E-state index in [9.17, 15) is 28.1 Å². The second-order valence-electron chi connectivity index (χ2n) is 15.5. The van der Waals surface area contributed by atoms with Gasteiger partial charge in [-0.15, -0.1) is 0 Å². The van der Waals surface area contributed by atoms with Crippen LogP contribution in [0.4, 0.5) is 0 Å².